The Kier molecular flexibility index (Phi) is 10.0. The van der Waals surface area contributed by atoms with E-state index in [-0.39, 0.29) is 24.9 Å². The number of aliphatic hydroxyl groups excluding tert-OH is 1. The minimum absolute atomic E-state index is 0.145. The number of nitrogens with zero attached hydrogens (tertiary/aromatic N) is 3. The minimum atomic E-state index is -0.463. The summed E-state index contributed by atoms with van der Waals surface area (Å²) in [5.41, 5.74) is 3.60. The van der Waals surface area contributed by atoms with Gasteiger partial charge in [0.05, 0.1) is 6.61 Å². The summed E-state index contributed by atoms with van der Waals surface area (Å²) in [5, 5.41) is 16.6. The number of aryl methyl sites for hydroxylation is 1. The van der Waals surface area contributed by atoms with Crippen LogP contribution in [0.15, 0.2) is 54.7 Å². The molecular weight excluding hydrogens is 523 g/mol. The number of benzene rings is 2. The number of aromatic nitrogens is 1. The summed E-state index contributed by atoms with van der Waals surface area (Å²) in [7, 11) is 4.13. The summed E-state index contributed by atoms with van der Waals surface area (Å²) in [5.74, 6) is 5.74. The molecule has 1 atom stereocenters. The molecule has 1 aliphatic rings. The molecule has 0 bridgehead atoms. The van der Waals surface area contributed by atoms with Crippen LogP contribution in [0.2, 0.25) is 0 Å². The number of amides is 3. The molecule has 0 radical (unpaired) electrons. The highest BCUT2D eigenvalue weighted by Gasteiger charge is 2.24. The number of hydrogen-bond acceptors (Lipinski definition) is 6. The first-order chi connectivity index (χ1) is 19.7. The van der Waals surface area contributed by atoms with Gasteiger partial charge in [-0.05, 0) is 69.4 Å². The molecule has 3 aromatic rings. The predicted molar refractivity (Wildman–Crippen MR) is 157 cm³/mol. The number of aliphatic hydroxyl groups is 1. The van der Waals surface area contributed by atoms with Gasteiger partial charge in [0.2, 0.25) is 0 Å². The summed E-state index contributed by atoms with van der Waals surface area (Å²) in [4.78, 5) is 33.3. The number of pyridine rings is 1. The predicted octanol–water partition coefficient (Wildman–Crippen LogP) is 3.43. The molecule has 3 amide bonds. The third-order valence-electron chi connectivity index (χ3n) is 6.93. The Morgan fingerprint density at radius 1 is 1.12 bits per heavy atom. The lowest BCUT2D eigenvalue weighted by Crippen LogP contribution is -2.31. The van der Waals surface area contributed by atoms with Crippen LogP contribution in [0.4, 0.5) is 20.7 Å². The topological polar surface area (TPSA) is 110 Å². The number of nitrogens with one attached hydrogen (secondary N) is 3. The second-order valence-electron chi connectivity index (χ2n) is 10.2. The van der Waals surface area contributed by atoms with E-state index in [9.17, 15) is 14.0 Å². The molecule has 1 saturated heterocycles. The normalized spacial score (nSPS) is 14.8. The van der Waals surface area contributed by atoms with Crippen molar-refractivity contribution in [3.8, 4) is 11.8 Å². The molecule has 4 N–H and O–H groups in total. The van der Waals surface area contributed by atoms with Crippen molar-refractivity contribution < 1.29 is 19.1 Å². The molecule has 4 rings (SSSR count). The Morgan fingerprint density at radius 3 is 2.63 bits per heavy atom. The van der Waals surface area contributed by atoms with Gasteiger partial charge in [-0.25, -0.2) is 14.2 Å². The second-order valence-corrected chi connectivity index (χ2v) is 10.2. The zero-order chi connectivity index (χ0) is 29.4. The van der Waals surface area contributed by atoms with Crippen LogP contribution in [0, 0.1) is 24.6 Å². The molecular formula is C31H35FN6O3. The van der Waals surface area contributed by atoms with E-state index in [4.69, 9.17) is 5.11 Å². The van der Waals surface area contributed by atoms with Gasteiger partial charge < -0.3 is 20.6 Å². The molecule has 2 heterocycles. The average molecular weight is 559 g/mol. The molecule has 214 valence electrons. The maximum absolute atomic E-state index is 14.9. The maximum atomic E-state index is 14.9. The molecule has 1 fully saturated rings. The lowest BCUT2D eigenvalue weighted by molar-refractivity contribution is 0.102. The van der Waals surface area contributed by atoms with E-state index in [0.29, 0.717) is 46.3 Å². The number of carbonyl (C=O) groups is 2. The maximum Gasteiger partial charge on any atom is 0.320 e. The first-order valence-electron chi connectivity index (χ1n) is 13.4. The number of likely N-dealkylation sites (N-methyl/N-ethyl adjacent to an activating group) is 1. The van der Waals surface area contributed by atoms with E-state index in [1.54, 1.807) is 36.4 Å². The number of urea groups is 1. The monoisotopic (exact) mass is 558 g/mol. The standard InChI is InChI=1S/C31H35FN6O3/c1-21-4-7-24(16-23(21)8-5-22-6-11-29(34-18-22)36-31(41)33-13-15-39)30(40)35-26-10-9-25(28(32)17-26)19-38-14-12-27(20-38)37(2)3/h4,6-7,9-11,16-18,27,39H,12-15,19-20H2,1-3H3,(H,35,40)(H2,33,34,36,41)/t27-/m1/s1. The fourth-order valence-electron chi connectivity index (χ4n) is 4.48. The lowest BCUT2D eigenvalue weighted by Gasteiger charge is -2.20. The Morgan fingerprint density at radius 2 is 1.95 bits per heavy atom. The molecule has 10 heteroatoms. The fourth-order valence-corrected chi connectivity index (χ4v) is 4.48. The van der Waals surface area contributed by atoms with Gasteiger partial charge in [0.15, 0.2) is 0 Å². The van der Waals surface area contributed by atoms with Crippen molar-refractivity contribution in [2.24, 2.45) is 0 Å². The van der Waals surface area contributed by atoms with Crippen LogP contribution in [0.3, 0.4) is 0 Å². The Hall–Kier alpha value is -4.30. The molecule has 2 aromatic carbocycles. The minimum Gasteiger partial charge on any atom is -0.395 e. The summed E-state index contributed by atoms with van der Waals surface area (Å²) in [6.45, 7) is 4.28. The van der Waals surface area contributed by atoms with Gasteiger partial charge >= 0.3 is 6.03 Å². The highest BCUT2D eigenvalue weighted by molar-refractivity contribution is 6.04. The van der Waals surface area contributed by atoms with E-state index < -0.39 is 6.03 Å². The number of hydrogen-bond donors (Lipinski definition) is 4. The summed E-state index contributed by atoms with van der Waals surface area (Å²) in [6, 6.07) is 13.4. The lowest BCUT2D eigenvalue weighted by atomic mass is 10.0. The van der Waals surface area contributed by atoms with Gasteiger partial charge in [0.25, 0.3) is 5.91 Å². The molecule has 1 aliphatic heterocycles. The Balaban J connectivity index is 1.38. The molecule has 1 aromatic heterocycles. The molecule has 0 saturated carbocycles. The van der Waals surface area contributed by atoms with Crippen LogP contribution < -0.4 is 16.0 Å². The SMILES string of the molecule is Cc1ccc(C(=O)Nc2ccc(CN3CC[C@@H](N(C)C)C3)c(F)c2)cc1C#Cc1ccc(NC(=O)NCCO)nc1. The fraction of sp³-hybridized carbons (Fsp3) is 0.323. The zero-order valence-corrected chi connectivity index (χ0v) is 23.5. The smallest absolute Gasteiger partial charge is 0.320 e. The van der Waals surface area contributed by atoms with Crippen molar-refractivity contribution in [3.05, 3.63) is 88.4 Å². The van der Waals surface area contributed by atoms with Gasteiger partial charge in [-0.1, -0.05) is 24.0 Å². The Labute approximate surface area is 239 Å². The van der Waals surface area contributed by atoms with Crippen molar-refractivity contribution in [1.29, 1.82) is 0 Å². The van der Waals surface area contributed by atoms with Crippen molar-refractivity contribution >= 4 is 23.4 Å². The van der Waals surface area contributed by atoms with Crippen LogP contribution in [0.25, 0.3) is 0 Å². The molecule has 0 aliphatic carbocycles. The highest BCUT2D eigenvalue weighted by atomic mass is 19.1. The van der Waals surface area contributed by atoms with E-state index in [0.717, 1.165) is 25.1 Å². The van der Waals surface area contributed by atoms with Gasteiger partial charge in [-0.15, -0.1) is 0 Å². The number of rotatable bonds is 8. The van der Waals surface area contributed by atoms with Crippen LogP contribution >= 0.6 is 0 Å². The van der Waals surface area contributed by atoms with Crippen LogP contribution in [-0.4, -0.2) is 78.2 Å². The van der Waals surface area contributed by atoms with Crippen molar-refractivity contribution in [2.45, 2.75) is 25.9 Å². The second kappa shape index (κ2) is 13.9. The van der Waals surface area contributed by atoms with E-state index in [1.165, 1.54) is 12.3 Å². The number of likely N-dealkylation sites (tertiary alicyclic amines) is 1. The van der Waals surface area contributed by atoms with Crippen molar-refractivity contribution in [1.82, 2.24) is 20.1 Å². The number of carbonyl (C=O) groups excluding carboxylic acids is 2. The van der Waals surface area contributed by atoms with E-state index in [2.05, 4.69) is 56.7 Å². The number of anilines is 2. The quantitative estimate of drug-likeness (QED) is 0.316. The highest BCUT2D eigenvalue weighted by Crippen LogP contribution is 2.21. The van der Waals surface area contributed by atoms with E-state index >= 15 is 0 Å². The third kappa shape index (κ3) is 8.35. The van der Waals surface area contributed by atoms with Gasteiger partial charge in [-0.3, -0.25) is 15.0 Å². The largest absolute Gasteiger partial charge is 0.395 e. The van der Waals surface area contributed by atoms with Gasteiger partial charge in [-0.2, -0.15) is 0 Å². The third-order valence-corrected chi connectivity index (χ3v) is 6.93. The summed E-state index contributed by atoms with van der Waals surface area (Å²) >= 11 is 0. The molecule has 9 nitrogen and oxygen atoms in total. The summed E-state index contributed by atoms with van der Waals surface area (Å²) in [6.07, 6.45) is 2.60. The van der Waals surface area contributed by atoms with Crippen LogP contribution in [0.5, 0.6) is 0 Å². The van der Waals surface area contributed by atoms with E-state index in [1.807, 2.05) is 13.0 Å². The molecule has 41 heavy (non-hydrogen) atoms. The molecule has 0 spiro atoms. The van der Waals surface area contributed by atoms with Crippen LogP contribution in [0.1, 0.15) is 39.0 Å². The van der Waals surface area contributed by atoms with Crippen molar-refractivity contribution in [3.63, 3.8) is 0 Å². The first kappa shape index (κ1) is 29.7. The van der Waals surface area contributed by atoms with Crippen LogP contribution in [-0.2, 0) is 6.54 Å². The van der Waals surface area contributed by atoms with Gasteiger partial charge in [0, 0.05) is 66.4 Å². The van der Waals surface area contributed by atoms with Gasteiger partial charge in [0.1, 0.15) is 11.6 Å². The first-order valence-corrected chi connectivity index (χ1v) is 13.4. The number of halogens is 1. The summed E-state index contributed by atoms with van der Waals surface area (Å²) < 4.78 is 14.9. The van der Waals surface area contributed by atoms with Crippen molar-refractivity contribution in [2.75, 3.05) is 51.0 Å². The average Bonchev–Trinajstić information content (AvgIpc) is 3.43. The zero-order valence-electron chi connectivity index (χ0n) is 23.5. The molecule has 0 unspecified atom stereocenters. The Bertz CT molecular complexity index is 1450.